The largest absolute Gasteiger partial charge is 0.382 e. The van der Waals surface area contributed by atoms with Crippen molar-refractivity contribution >= 4 is 5.69 Å². The molecular formula is C15H21NO. The number of rotatable bonds is 2. The quantitative estimate of drug-likeness (QED) is 0.841. The summed E-state index contributed by atoms with van der Waals surface area (Å²) >= 11 is 0. The Hall–Kier alpha value is -1.02. The molecule has 1 aromatic rings. The standard InChI is InChI=1S/C15H21NO/c1-12-5-2-3-6-14(12)16-13-7-10-17-15(11-13)8-4-9-15/h2-3,5-6,13,16H,4,7-11H2,1H3. The van der Waals surface area contributed by atoms with E-state index >= 15 is 0 Å². The second-order valence-electron chi connectivity index (χ2n) is 5.53. The lowest BCUT2D eigenvalue weighted by Crippen LogP contribution is -2.49. The summed E-state index contributed by atoms with van der Waals surface area (Å²) in [4.78, 5) is 0. The first-order chi connectivity index (χ1) is 8.27. The zero-order valence-electron chi connectivity index (χ0n) is 10.5. The highest BCUT2D eigenvalue weighted by Gasteiger charge is 2.42. The second-order valence-corrected chi connectivity index (χ2v) is 5.53. The summed E-state index contributed by atoms with van der Waals surface area (Å²) < 4.78 is 5.96. The van der Waals surface area contributed by atoms with Gasteiger partial charge < -0.3 is 10.1 Å². The van der Waals surface area contributed by atoms with Crippen LogP contribution in [-0.2, 0) is 4.74 Å². The lowest BCUT2D eigenvalue weighted by atomic mass is 9.74. The molecule has 1 saturated carbocycles. The topological polar surface area (TPSA) is 21.3 Å². The van der Waals surface area contributed by atoms with Gasteiger partial charge in [0.25, 0.3) is 0 Å². The maximum absolute atomic E-state index is 5.96. The van der Waals surface area contributed by atoms with Crippen molar-refractivity contribution in [1.29, 1.82) is 0 Å². The Morgan fingerprint density at radius 1 is 1.29 bits per heavy atom. The van der Waals surface area contributed by atoms with Gasteiger partial charge in [-0.05, 0) is 50.7 Å². The molecule has 1 spiro atoms. The van der Waals surface area contributed by atoms with E-state index in [4.69, 9.17) is 4.74 Å². The van der Waals surface area contributed by atoms with Crippen LogP contribution in [0.25, 0.3) is 0 Å². The van der Waals surface area contributed by atoms with Crippen LogP contribution in [0.5, 0.6) is 0 Å². The Morgan fingerprint density at radius 2 is 2.12 bits per heavy atom. The smallest absolute Gasteiger partial charge is 0.0702 e. The van der Waals surface area contributed by atoms with Gasteiger partial charge in [0, 0.05) is 18.3 Å². The molecule has 2 heteroatoms. The Morgan fingerprint density at radius 3 is 2.82 bits per heavy atom. The number of anilines is 1. The van der Waals surface area contributed by atoms with Crippen LogP contribution in [0.1, 0.15) is 37.7 Å². The molecule has 0 bridgehead atoms. The number of benzene rings is 1. The van der Waals surface area contributed by atoms with Crippen molar-refractivity contribution in [2.45, 2.75) is 50.7 Å². The third-order valence-corrected chi connectivity index (χ3v) is 4.26. The van der Waals surface area contributed by atoms with Crippen LogP contribution < -0.4 is 5.32 Å². The van der Waals surface area contributed by atoms with Crippen LogP contribution in [0, 0.1) is 6.92 Å². The third kappa shape index (κ3) is 2.19. The minimum Gasteiger partial charge on any atom is -0.382 e. The molecule has 0 aromatic heterocycles. The molecule has 0 amide bonds. The SMILES string of the molecule is Cc1ccccc1NC1CCOC2(CCC2)C1. The van der Waals surface area contributed by atoms with Crippen LogP contribution in [0.4, 0.5) is 5.69 Å². The van der Waals surface area contributed by atoms with Gasteiger partial charge in [0.2, 0.25) is 0 Å². The van der Waals surface area contributed by atoms with Crippen molar-refractivity contribution in [2.24, 2.45) is 0 Å². The predicted molar refractivity (Wildman–Crippen MR) is 70.4 cm³/mol. The highest BCUT2D eigenvalue weighted by molar-refractivity contribution is 5.51. The van der Waals surface area contributed by atoms with Gasteiger partial charge in [0.1, 0.15) is 0 Å². The van der Waals surface area contributed by atoms with Crippen molar-refractivity contribution in [1.82, 2.24) is 0 Å². The molecule has 1 unspecified atom stereocenters. The lowest BCUT2D eigenvalue weighted by Gasteiger charge is -2.47. The van der Waals surface area contributed by atoms with Crippen LogP contribution >= 0.6 is 0 Å². The molecule has 0 radical (unpaired) electrons. The number of ether oxygens (including phenoxy) is 1. The van der Waals surface area contributed by atoms with E-state index < -0.39 is 0 Å². The van der Waals surface area contributed by atoms with E-state index in [0.717, 1.165) is 13.0 Å². The summed E-state index contributed by atoms with van der Waals surface area (Å²) in [7, 11) is 0. The van der Waals surface area contributed by atoms with Crippen molar-refractivity contribution in [2.75, 3.05) is 11.9 Å². The zero-order chi connectivity index (χ0) is 11.7. The van der Waals surface area contributed by atoms with Gasteiger partial charge in [-0.25, -0.2) is 0 Å². The normalized spacial score (nSPS) is 26.5. The Labute approximate surface area is 103 Å². The molecule has 1 heterocycles. The van der Waals surface area contributed by atoms with E-state index in [9.17, 15) is 0 Å². The summed E-state index contributed by atoms with van der Waals surface area (Å²) in [6.45, 7) is 3.09. The van der Waals surface area contributed by atoms with Gasteiger partial charge in [-0.3, -0.25) is 0 Å². The van der Waals surface area contributed by atoms with Crippen molar-refractivity contribution in [3.63, 3.8) is 0 Å². The van der Waals surface area contributed by atoms with Crippen LogP contribution in [0.15, 0.2) is 24.3 Å². The fourth-order valence-electron chi connectivity index (χ4n) is 3.03. The first-order valence-electron chi connectivity index (χ1n) is 6.74. The fourth-order valence-corrected chi connectivity index (χ4v) is 3.03. The summed E-state index contributed by atoms with van der Waals surface area (Å²) in [5.74, 6) is 0. The first kappa shape index (κ1) is 11.1. The highest BCUT2D eigenvalue weighted by Crippen LogP contribution is 2.42. The van der Waals surface area contributed by atoms with Crippen LogP contribution in [0.3, 0.4) is 0 Å². The van der Waals surface area contributed by atoms with Crippen LogP contribution in [-0.4, -0.2) is 18.2 Å². The maximum Gasteiger partial charge on any atom is 0.0702 e. The van der Waals surface area contributed by atoms with Gasteiger partial charge in [0.15, 0.2) is 0 Å². The summed E-state index contributed by atoms with van der Waals surface area (Å²) in [6, 6.07) is 9.13. The van der Waals surface area contributed by atoms with Crippen molar-refractivity contribution in [3.05, 3.63) is 29.8 Å². The lowest BCUT2D eigenvalue weighted by molar-refractivity contribution is -0.130. The Balaban J connectivity index is 1.67. The summed E-state index contributed by atoms with van der Waals surface area (Å²) in [6.07, 6.45) is 6.19. The average Bonchev–Trinajstić information content (AvgIpc) is 2.31. The first-order valence-corrected chi connectivity index (χ1v) is 6.74. The minimum absolute atomic E-state index is 0.235. The van der Waals surface area contributed by atoms with Gasteiger partial charge in [0.05, 0.1) is 5.60 Å². The molecule has 92 valence electrons. The van der Waals surface area contributed by atoms with E-state index in [1.807, 2.05) is 0 Å². The van der Waals surface area contributed by atoms with Gasteiger partial charge in [-0.2, -0.15) is 0 Å². The predicted octanol–water partition coefficient (Wildman–Crippen LogP) is 3.51. The molecule has 17 heavy (non-hydrogen) atoms. The van der Waals surface area contributed by atoms with Gasteiger partial charge in [-0.1, -0.05) is 18.2 Å². The Kier molecular flexibility index (Phi) is 2.83. The van der Waals surface area contributed by atoms with Gasteiger partial charge in [-0.15, -0.1) is 0 Å². The van der Waals surface area contributed by atoms with Crippen LogP contribution in [0.2, 0.25) is 0 Å². The third-order valence-electron chi connectivity index (χ3n) is 4.26. The molecule has 1 atom stereocenters. The second kappa shape index (κ2) is 4.34. The van der Waals surface area contributed by atoms with E-state index in [0.29, 0.717) is 6.04 Å². The van der Waals surface area contributed by atoms with Crippen molar-refractivity contribution < 1.29 is 4.74 Å². The number of aryl methyl sites for hydroxylation is 1. The number of hydrogen-bond donors (Lipinski definition) is 1. The molecule has 2 nitrogen and oxygen atoms in total. The molecule has 1 aliphatic heterocycles. The molecule has 1 aliphatic carbocycles. The minimum atomic E-state index is 0.235. The summed E-state index contributed by atoms with van der Waals surface area (Å²) in [5, 5.41) is 3.69. The Bertz CT molecular complexity index is 398. The number of hydrogen-bond acceptors (Lipinski definition) is 2. The van der Waals surface area contributed by atoms with Crippen molar-refractivity contribution in [3.8, 4) is 0 Å². The average molecular weight is 231 g/mol. The fraction of sp³-hybridized carbons (Fsp3) is 0.600. The summed E-state index contributed by atoms with van der Waals surface area (Å²) in [5.41, 5.74) is 2.86. The maximum atomic E-state index is 5.96. The number of para-hydroxylation sites is 1. The van der Waals surface area contributed by atoms with Gasteiger partial charge >= 0.3 is 0 Å². The molecule has 1 aromatic carbocycles. The van der Waals surface area contributed by atoms with E-state index in [2.05, 4.69) is 36.5 Å². The molecule has 2 aliphatic rings. The molecule has 1 N–H and O–H groups in total. The van der Waals surface area contributed by atoms with E-state index in [1.54, 1.807) is 0 Å². The monoisotopic (exact) mass is 231 g/mol. The highest BCUT2D eigenvalue weighted by atomic mass is 16.5. The molecular weight excluding hydrogens is 210 g/mol. The van der Waals surface area contributed by atoms with E-state index in [-0.39, 0.29) is 5.60 Å². The molecule has 3 rings (SSSR count). The molecule has 2 fully saturated rings. The molecule has 1 saturated heterocycles. The number of nitrogens with one attached hydrogen (secondary N) is 1. The van der Waals surface area contributed by atoms with E-state index in [1.165, 1.54) is 36.9 Å². The zero-order valence-corrected chi connectivity index (χ0v) is 10.5.